The Labute approximate surface area is 127 Å². The molecule has 0 bridgehead atoms. The van der Waals surface area contributed by atoms with Crippen LogP contribution < -0.4 is 5.32 Å². The van der Waals surface area contributed by atoms with E-state index in [1.165, 1.54) is 6.08 Å². The smallest absolute Gasteiger partial charge is 0.262 e. The monoisotopic (exact) mass is 297 g/mol. The van der Waals surface area contributed by atoms with E-state index in [-0.39, 0.29) is 12.1 Å². The first-order valence-electron chi connectivity index (χ1n) is 6.24. The average molecular weight is 298 g/mol. The molecule has 1 amide bonds. The highest BCUT2D eigenvalue weighted by molar-refractivity contribution is 6.30. The van der Waals surface area contributed by atoms with Gasteiger partial charge < -0.3 is 5.32 Å². The van der Waals surface area contributed by atoms with Crippen molar-refractivity contribution in [2.75, 3.05) is 0 Å². The van der Waals surface area contributed by atoms with Crippen molar-refractivity contribution in [2.45, 2.75) is 6.54 Å². The third-order valence-corrected chi connectivity index (χ3v) is 2.95. The van der Waals surface area contributed by atoms with Gasteiger partial charge in [-0.15, -0.1) is 0 Å². The molecule has 104 valence electrons. The number of carbonyl (C=O) groups is 1. The fourth-order valence-electron chi connectivity index (χ4n) is 1.64. The lowest BCUT2D eigenvalue weighted by Crippen LogP contribution is -2.24. The predicted molar refractivity (Wildman–Crippen MR) is 81.1 cm³/mol. The van der Waals surface area contributed by atoms with E-state index in [0.717, 1.165) is 11.3 Å². The minimum atomic E-state index is -0.432. The van der Waals surface area contributed by atoms with Gasteiger partial charge in [0.1, 0.15) is 11.6 Å². The molecule has 2 aromatic rings. The summed E-state index contributed by atoms with van der Waals surface area (Å²) in [7, 11) is 0. The number of nitrogens with one attached hydrogen (secondary N) is 1. The molecule has 0 atom stereocenters. The summed E-state index contributed by atoms with van der Waals surface area (Å²) in [5.41, 5.74) is 1.51. The Morgan fingerprint density at radius 1 is 1.29 bits per heavy atom. The van der Waals surface area contributed by atoms with Gasteiger partial charge in [-0.2, -0.15) is 5.26 Å². The van der Waals surface area contributed by atoms with Gasteiger partial charge in [-0.25, -0.2) is 0 Å². The normalized spacial score (nSPS) is 10.8. The summed E-state index contributed by atoms with van der Waals surface area (Å²) in [6.45, 7) is 0.277. The molecule has 0 aliphatic heterocycles. The molecule has 4 nitrogen and oxygen atoms in total. The van der Waals surface area contributed by atoms with Gasteiger partial charge in [0.15, 0.2) is 0 Å². The number of amides is 1. The number of carbonyl (C=O) groups excluding carboxylic acids is 1. The van der Waals surface area contributed by atoms with Crippen molar-refractivity contribution in [1.29, 1.82) is 5.26 Å². The Kier molecular flexibility index (Phi) is 5.08. The molecule has 2 rings (SSSR count). The SMILES string of the molecule is N#C/C(=C/c1ccc(Cl)cc1)C(=O)NCc1ccccn1. The second kappa shape index (κ2) is 7.22. The molecule has 1 aromatic heterocycles. The van der Waals surface area contributed by atoms with E-state index >= 15 is 0 Å². The van der Waals surface area contributed by atoms with Crippen LogP contribution in [-0.4, -0.2) is 10.9 Å². The third-order valence-electron chi connectivity index (χ3n) is 2.70. The topological polar surface area (TPSA) is 65.8 Å². The van der Waals surface area contributed by atoms with Crippen molar-refractivity contribution in [1.82, 2.24) is 10.3 Å². The van der Waals surface area contributed by atoms with Gasteiger partial charge in [-0.3, -0.25) is 9.78 Å². The molecule has 21 heavy (non-hydrogen) atoms. The number of rotatable bonds is 4. The second-order valence-electron chi connectivity index (χ2n) is 4.23. The van der Waals surface area contributed by atoms with Crippen LogP contribution in [0, 0.1) is 11.3 Å². The summed E-state index contributed by atoms with van der Waals surface area (Å²) in [5, 5.41) is 12.4. The zero-order valence-electron chi connectivity index (χ0n) is 11.1. The average Bonchev–Trinajstić information content (AvgIpc) is 2.53. The van der Waals surface area contributed by atoms with Gasteiger partial charge in [0.25, 0.3) is 5.91 Å². The Morgan fingerprint density at radius 2 is 2.05 bits per heavy atom. The highest BCUT2D eigenvalue weighted by Crippen LogP contribution is 2.12. The lowest BCUT2D eigenvalue weighted by atomic mass is 10.1. The van der Waals surface area contributed by atoms with Crippen LogP contribution in [0.3, 0.4) is 0 Å². The minimum absolute atomic E-state index is 0.0354. The molecule has 0 radical (unpaired) electrons. The second-order valence-corrected chi connectivity index (χ2v) is 4.66. The third kappa shape index (κ3) is 4.44. The van der Waals surface area contributed by atoms with E-state index in [1.54, 1.807) is 42.6 Å². The molecule has 1 N–H and O–H groups in total. The lowest BCUT2D eigenvalue weighted by Gasteiger charge is -2.03. The van der Waals surface area contributed by atoms with Gasteiger partial charge in [-0.05, 0) is 35.9 Å². The van der Waals surface area contributed by atoms with E-state index in [0.29, 0.717) is 5.02 Å². The van der Waals surface area contributed by atoms with Gasteiger partial charge in [-0.1, -0.05) is 29.8 Å². The largest absolute Gasteiger partial charge is 0.346 e. The molecule has 1 aromatic carbocycles. The molecule has 5 heteroatoms. The molecular weight excluding hydrogens is 286 g/mol. The molecule has 0 fully saturated rings. The molecule has 1 heterocycles. The summed E-state index contributed by atoms with van der Waals surface area (Å²) in [6.07, 6.45) is 3.17. The summed E-state index contributed by atoms with van der Waals surface area (Å²) in [5.74, 6) is -0.432. The number of hydrogen-bond acceptors (Lipinski definition) is 3. The molecule has 0 aliphatic rings. The summed E-state index contributed by atoms with van der Waals surface area (Å²) >= 11 is 5.79. The maximum absolute atomic E-state index is 12.0. The lowest BCUT2D eigenvalue weighted by molar-refractivity contribution is -0.117. The zero-order valence-corrected chi connectivity index (χ0v) is 11.8. The first kappa shape index (κ1) is 14.8. The van der Waals surface area contributed by atoms with Gasteiger partial charge in [0.05, 0.1) is 12.2 Å². The minimum Gasteiger partial charge on any atom is -0.346 e. The summed E-state index contributed by atoms with van der Waals surface area (Å²) < 4.78 is 0. The predicted octanol–water partition coefficient (Wildman–Crippen LogP) is 2.96. The van der Waals surface area contributed by atoms with Crippen LogP contribution in [0.5, 0.6) is 0 Å². The van der Waals surface area contributed by atoms with Crippen molar-refractivity contribution in [3.63, 3.8) is 0 Å². The quantitative estimate of drug-likeness (QED) is 0.697. The number of hydrogen-bond donors (Lipinski definition) is 1. The van der Waals surface area contributed by atoms with E-state index in [9.17, 15) is 4.79 Å². The van der Waals surface area contributed by atoms with Crippen LogP contribution in [0.2, 0.25) is 5.02 Å². The van der Waals surface area contributed by atoms with Crippen LogP contribution in [0.4, 0.5) is 0 Å². The first-order valence-corrected chi connectivity index (χ1v) is 6.62. The summed E-state index contributed by atoms with van der Waals surface area (Å²) in [4.78, 5) is 16.1. The Hall–Kier alpha value is -2.64. The van der Waals surface area contributed by atoms with Crippen molar-refractivity contribution in [3.05, 3.63) is 70.5 Å². The van der Waals surface area contributed by atoms with E-state index in [1.807, 2.05) is 12.1 Å². The Bertz CT molecular complexity index is 688. The van der Waals surface area contributed by atoms with Gasteiger partial charge in [0.2, 0.25) is 0 Å². The van der Waals surface area contributed by atoms with Crippen LogP contribution in [0.15, 0.2) is 54.2 Å². The van der Waals surface area contributed by atoms with Crippen molar-refractivity contribution in [2.24, 2.45) is 0 Å². The molecule has 0 unspecified atom stereocenters. The molecule has 0 saturated heterocycles. The van der Waals surface area contributed by atoms with Crippen LogP contribution >= 0.6 is 11.6 Å². The number of nitriles is 1. The fourth-order valence-corrected chi connectivity index (χ4v) is 1.77. The van der Waals surface area contributed by atoms with Crippen molar-refractivity contribution < 1.29 is 4.79 Å². The number of halogens is 1. The first-order chi connectivity index (χ1) is 10.2. The highest BCUT2D eigenvalue weighted by atomic mass is 35.5. The molecule has 0 saturated carbocycles. The fraction of sp³-hybridized carbons (Fsp3) is 0.0625. The van der Waals surface area contributed by atoms with Crippen LogP contribution in [0.1, 0.15) is 11.3 Å². The Morgan fingerprint density at radius 3 is 2.67 bits per heavy atom. The van der Waals surface area contributed by atoms with E-state index in [4.69, 9.17) is 16.9 Å². The molecule has 0 aliphatic carbocycles. The summed E-state index contributed by atoms with van der Waals surface area (Å²) in [6, 6.07) is 14.2. The maximum atomic E-state index is 12.0. The molecule has 0 spiro atoms. The van der Waals surface area contributed by atoms with Crippen LogP contribution in [-0.2, 0) is 11.3 Å². The van der Waals surface area contributed by atoms with Crippen molar-refractivity contribution >= 4 is 23.6 Å². The van der Waals surface area contributed by atoms with E-state index in [2.05, 4.69) is 10.3 Å². The molecular formula is C16H12ClN3O. The standard InChI is InChI=1S/C16H12ClN3O/c17-14-6-4-12(5-7-14)9-13(10-18)16(21)20-11-15-3-1-2-8-19-15/h1-9H,11H2,(H,20,21)/b13-9-. The Balaban J connectivity index is 2.05. The maximum Gasteiger partial charge on any atom is 0.262 e. The number of aromatic nitrogens is 1. The van der Waals surface area contributed by atoms with Crippen molar-refractivity contribution in [3.8, 4) is 6.07 Å². The number of pyridine rings is 1. The zero-order chi connectivity index (χ0) is 15.1. The van der Waals surface area contributed by atoms with Crippen LogP contribution in [0.25, 0.3) is 6.08 Å². The highest BCUT2D eigenvalue weighted by Gasteiger charge is 2.08. The van der Waals surface area contributed by atoms with Gasteiger partial charge in [0, 0.05) is 11.2 Å². The number of benzene rings is 1. The van der Waals surface area contributed by atoms with E-state index < -0.39 is 5.91 Å². The number of nitrogens with zero attached hydrogens (tertiary/aromatic N) is 2. The van der Waals surface area contributed by atoms with Gasteiger partial charge >= 0.3 is 0 Å².